The number of ether oxygens (including phenoxy) is 2. The number of H-pyrrole nitrogens is 1. The Morgan fingerprint density at radius 2 is 1.62 bits per heavy atom. The highest BCUT2D eigenvalue weighted by Gasteiger charge is 2.69. The number of hydrogen-bond donors (Lipinski definition) is 2. The Morgan fingerprint density at radius 1 is 0.885 bits per heavy atom. The van der Waals surface area contributed by atoms with Crippen molar-refractivity contribution in [2.24, 2.45) is 29.6 Å². The Balaban J connectivity index is 1.01. The second-order valence-corrected chi connectivity index (χ2v) is 15.8. The van der Waals surface area contributed by atoms with Gasteiger partial charge in [-0.3, -0.25) is 24.1 Å². The van der Waals surface area contributed by atoms with E-state index in [2.05, 4.69) is 10.3 Å². The van der Waals surface area contributed by atoms with E-state index in [1.165, 1.54) is 16.2 Å². The van der Waals surface area contributed by atoms with Gasteiger partial charge in [0.1, 0.15) is 5.75 Å². The zero-order valence-electron chi connectivity index (χ0n) is 27.9. The second kappa shape index (κ2) is 12.8. The molecule has 9 rings (SSSR count). The summed E-state index contributed by atoms with van der Waals surface area (Å²) in [4.78, 5) is 71.7. The number of anilines is 2. The molecular weight excluding hydrogens is 699 g/mol. The molecule has 6 unspecified atom stereocenters. The smallest absolute Gasteiger partial charge is 0.338 e. The SMILES string of the molecule is CCOC(=O)c1ccc(N2C(=O)C3C4CC(C3C2=O)C2C4Sc3[nH]c(=O)sc3[C@@H]2c2ccccc2OCC(=O)Nc2cccc3ccccc23)cc1. The Kier molecular flexibility index (Phi) is 8.04. The molecule has 2 saturated carbocycles. The molecule has 10 nitrogen and oxygen atoms in total. The first-order chi connectivity index (χ1) is 25.3. The van der Waals surface area contributed by atoms with Crippen LogP contribution in [0.4, 0.5) is 11.4 Å². The molecule has 2 N–H and O–H groups in total. The second-order valence-electron chi connectivity index (χ2n) is 13.6. The molecule has 262 valence electrons. The van der Waals surface area contributed by atoms with Gasteiger partial charge in [0, 0.05) is 32.7 Å². The quantitative estimate of drug-likeness (QED) is 0.137. The minimum absolute atomic E-state index is 0.0143. The van der Waals surface area contributed by atoms with Crippen molar-refractivity contribution in [2.45, 2.75) is 29.5 Å². The molecule has 5 aromatic rings. The number of esters is 1. The van der Waals surface area contributed by atoms with Crippen LogP contribution in [0.1, 0.15) is 40.1 Å². The maximum Gasteiger partial charge on any atom is 0.338 e. The fraction of sp³-hybridized carbons (Fsp3) is 0.275. The van der Waals surface area contributed by atoms with Gasteiger partial charge in [-0.25, -0.2) is 4.79 Å². The standard InChI is InChI=1S/C40H33N3O7S2/c1-2-49-39(47)21-14-16-22(17-15-21)43-37(45)32-25-18-26(33(32)38(43)46)34-31(25)30(35-36(51-34)42-40(48)52-35)24-11-5-6-13-28(24)50-19-29(44)41-27-12-7-9-20-8-3-4-10-23(20)27/h3-17,25-26,30-34H,2,18-19H2,1H3,(H,41,44)(H,42,48)/t25?,26?,30-,31?,32?,33?,34?/m1/s1. The van der Waals surface area contributed by atoms with E-state index in [1.54, 1.807) is 43.0 Å². The molecule has 3 heterocycles. The summed E-state index contributed by atoms with van der Waals surface area (Å²) in [5.41, 5.74) is 2.33. The Labute approximate surface area is 306 Å². The maximum atomic E-state index is 14.2. The van der Waals surface area contributed by atoms with Crippen molar-refractivity contribution in [3.8, 4) is 5.75 Å². The summed E-state index contributed by atoms with van der Waals surface area (Å²) < 4.78 is 11.4. The van der Waals surface area contributed by atoms with E-state index in [4.69, 9.17) is 9.47 Å². The highest BCUT2D eigenvalue weighted by Crippen LogP contribution is 2.69. The highest BCUT2D eigenvalue weighted by molar-refractivity contribution is 8.00. The Hall–Kier alpha value is -5.20. The van der Waals surface area contributed by atoms with E-state index in [1.807, 2.05) is 66.7 Å². The largest absolute Gasteiger partial charge is 0.483 e. The zero-order chi connectivity index (χ0) is 35.7. The van der Waals surface area contributed by atoms with Crippen molar-refractivity contribution in [1.29, 1.82) is 0 Å². The molecule has 1 saturated heterocycles. The summed E-state index contributed by atoms with van der Waals surface area (Å²) in [5.74, 6) is -2.13. The first kappa shape index (κ1) is 32.7. The summed E-state index contributed by atoms with van der Waals surface area (Å²) in [6.07, 6.45) is 0.733. The average Bonchev–Trinajstić information content (AvgIpc) is 3.90. The van der Waals surface area contributed by atoms with Crippen LogP contribution >= 0.6 is 23.1 Å². The number of rotatable bonds is 8. The first-order valence-corrected chi connectivity index (χ1v) is 19.1. The molecule has 4 aromatic carbocycles. The number of imide groups is 1. The number of thiazole rings is 1. The lowest BCUT2D eigenvalue weighted by Gasteiger charge is -2.43. The lowest BCUT2D eigenvalue weighted by atomic mass is 9.68. The minimum atomic E-state index is -0.497. The Bertz CT molecular complexity index is 2330. The zero-order valence-corrected chi connectivity index (χ0v) is 29.6. The van der Waals surface area contributed by atoms with Crippen LogP contribution in [0.2, 0.25) is 0 Å². The van der Waals surface area contributed by atoms with Crippen molar-refractivity contribution < 1.29 is 28.7 Å². The molecular formula is C40H33N3O7S2. The number of nitrogens with zero attached hydrogens (tertiary/aromatic N) is 1. The summed E-state index contributed by atoms with van der Waals surface area (Å²) in [7, 11) is 0. The van der Waals surface area contributed by atoms with Gasteiger partial charge < -0.3 is 19.8 Å². The molecule has 52 heavy (non-hydrogen) atoms. The summed E-state index contributed by atoms with van der Waals surface area (Å²) in [6, 6.07) is 27.6. The highest BCUT2D eigenvalue weighted by atomic mass is 32.2. The number of nitrogens with one attached hydrogen (secondary N) is 2. The molecule has 0 spiro atoms. The van der Waals surface area contributed by atoms with Crippen LogP contribution in [0.25, 0.3) is 10.8 Å². The van der Waals surface area contributed by atoms with Crippen LogP contribution in [0.5, 0.6) is 5.75 Å². The lowest BCUT2D eigenvalue weighted by Crippen LogP contribution is -2.42. The van der Waals surface area contributed by atoms with Gasteiger partial charge in [-0.1, -0.05) is 65.9 Å². The summed E-state index contributed by atoms with van der Waals surface area (Å²) >= 11 is 2.78. The molecule has 4 aliphatic rings. The van der Waals surface area contributed by atoms with E-state index in [0.717, 1.165) is 32.7 Å². The number of carbonyl (C=O) groups excluding carboxylic acids is 4. The number of benzene rings is 4. The van der Waals surface area contributed by atoms with Crippen LogP contribution in [0, 0.1) is 29.6 Å². The van der Waals surface area contributed by atoms with Gasteiger partial charge in [0.25, 0.3) is 5.91 Å². The van der Waals surface area contributed by atoms with Crippen LogP contribution < -0.4 is 19.8 Å². The third-order valence-corrected chi connectivity index (χ3v) is 13.6. The molecule has 0 radical (unpaired) electrons. The number of fused-ring (bicyclic) bond motifs is 10. The van der Waals surface area contributed by atoms with Gasteiger partial charge in [-0.15, -0.1) is 11.8 Å². The third-order valence-electron chi connectivity index (χ3n) is 11.0. The van der Waals surface area contributed by atoms with Crippen molar-refractivity contribution in [3.63, 3.8) is 0 Å². The van der Waals surface area contributed by atoms with E-state index in [9.17, 15) is 24.0 Å². The molecule has 3 amide bonds. The molecule has 3 fully saturated rings. The first-order valence-electron chi connectivity index (χ1n) is 17.4. The van der Waals surface area contributed by atoms with Gasteiger partial charge in [0.15, 0.2) is 6.61 Å². The predicted octanol–water partition coefficient (Wildman–Crippen LogP) is 6.46. The fourth-order valence-electron chi connectivity index (χ4n) is 9.11. The van der Waals surface area contributed by atoms with Crippen LogP contribution in [0.3, 0.4) is 0 Å². The Morgan fingerprint density at radius 3 is 2.42 bits per heavy atom. The monoisotopic (exact) mass is 731 g/mol. The van der Waals surface area contributed by atoms with Crippen LogP contribution in [0.15, 0.2) is 101 Å². The molecule has 2 aliphatic heterocycles. The van der Waals surface area contributed by atoms with Crippen LogP contribution in [-0.2, 0) is 19.1 Å². The minimum Gasteiger partial charge on any atom is -0.483 e. The normalized spacial score (nSPS) is 25.5. The number of thioether (sulfide) groups is 1. The number of hydrogen-bond acceptors (Lipinski definition) is 9. The third kappa shape index (κ3) is 5.18. The molecule has 2 bridgehead atoms. The van der Waals surface area contributed by atoms with Crippen molar-refractivity contribution >= 4 is 68.9 Å². The van der Waals surface area contributed by atoms with Gasteiger partial charge in [0.05, 0.1) is 34.7 Å². The van der Waals surface area contributed by atoms with Gasteiger partial charge in [0.2, 0.25) is 11.8 Å². The van der Waals surface area contributed by atoms with E-state index < -0.39 is 17.8 Å². The van der Waals surface area contributed by atoms with E-state index in [-0.39, 0.29) is 64.7 Å². The van der Waals surface area contributed by atoms with Gasteiger partial charge in [-0.05, 0) is 72.9 Å². The molecule has 2 aliphatic carbocycles. The average molecular weight is 732 g/mol. The molecule has 12 heteroatoms. The summed E-state index contributed by atoms with van der Waals surface area (Å²) in [5, 5.41) is 5.71. The number of aromatic nitrogens is 1. The summed E-state index contributed by atoms with van der Waals surface area (Å²) in [6.45, 7) is 1.76. The topological polar surface area (TPSA) is 135 Å². The predicted molar refractivity (Wildman–Crippen MR) is 198 cm³/mol. The maximum absolute atomic E-state index is 14.2. The number of para-hydroxylation sites is 1. The van der Waals surface area contributed by atoms with E-state index in [0.29, 0.717) is 22.7 Å². The van der Waals surface area contributed by atoms with E-state index >= 15 is 0 Å². The lowest BCUT2D eigenvalue weighted by molar-refractivity contribution is -0.123. The number of amides is 3. The van der Waals surface area contributed by atoms with Crippen molar-refractivity contribution in [3.05, 3.63) is 117 Å². The van der Waals surface area contributed by atoms with Crippen LogP contribution in [-0.4, -0.2) is 47.1 Å². The van der Waals surface area contributed by atoms with Gasteiger partial charge >= 0.3 is 10.8 Å². The molecule has 1 aromatic heterocycles. The number of carbonyl (C=O) groups is 4. The number of aromatic amines is 1. The van der Waals surface area contributed by atoms with Crippen molar-refractivity contribution in [2.75, 3.05) is 23.4 Å². The van der Waals surface area contributed by atoms with Gasteiger partial charge in [-0.2, -0.15) is 0 Å². The molecule has 7 atom stereocenters. The van der Waals surface area contributed by atoms with Crippen molar-refractivity contribution in [1.82, 2.24) is 4.98 Å². The fourth-order valence-corrected chi connectivity index (χ4v) is 12.0.